The summed E-state index contributed by atoms with van der Waals surface area (Å²) in [6.07, 6.45) is 9.90. The van der Waals surface area contributed by atoms with Crippen molar-refractivity contribution in [2.45, 2.75) is 56.9 Å². The smallest absolute Gasteiger partial charge is 0.225 e. The van der Waals surface area contributed by atoms with Crippen LogP contribution in [-0.4, -0.2) is 51.9 Å². The predicted molar refractivity (Wildman–Crippen MR) is 87.4 cm³/mol. The number of nitrogens with zero attached hydrogens (tertiary/aromatic N) is 4. The quantitative estimate of drug-likeness (QED) is 0.852. The maximum Gasteiger partial charge on any atom is 0.225 e. The van der Waals surface area contributed by atoms with Gasteiger partial charge >= 0.3 is 0 Å². The lowest BCUT2D eigenvalue weighted by Crippen LogP contribution is -2.40. The van der Waals surface area contributed by atoms with E-state index in [0.717, 1.165) is 45.0 Å². The van der Waals surface area contributed by atoms with Crippen molar-refractivity contribution in [1.82, 2.24) is 19.7 Å². The number of hydrogen-bond donors (Lipinski definition) is 0. The summed E-state index contributed by atoms with van der Waals surface area (Å²) in [5.74, 6) is 2.03. The summed E-state index contributed by atoms with van der Waals surface area (Å²) in [5.41, 5.74) is 0.264. The summed E-state index contributed by atoms with van der Waals surface area (Å²) < 4.78 is 7.72. The number of aromatic nitrogens is 3. The van der Waals surface area contributed by atoms with Crippen molar-refractivity contribution >= 4 is 5.91 Å². The highest BCUT2D eigenvalue weighted by Crippen LogP contribution is 2.56. The Balaban J connectivity index is 1.39. The normalized spacial score (nSPS) is 29.8. The fourth-order valence-electron chi connectivity index (χ4n) is 4.97. The van der Waals surface area contributed by atoms with E-state index >= 15 is 0 Å². The molecule has 24 heavy (non-hydrogen) atoms. The zero-order valence-electron chi connectivity index (χ0n) is 14.2. The first-order valence-electron chi connectivity index (χ1n) is 9.53. The third-order valence-electron chi connectivity index (χ3n) is 6.73. The second-order valence-electron chi connectivity index (χ2n) is 8.20. The SMILES string of the molecule is O=C(C1CCOCC1)N1CC(c2nncn2C2CC2)C2(CCC2)C1. The van der Waals surface area contributed by atoms with Crippen molar-refractivity contribution in [2.75, 3.05) is 26.3 Å². The molecule has 6 heteroatoms. The molecule has 1 amide bonds. The first-order chi connectivity index (χ1) is 11.8. The van der Waals surface area contributed by atoms with Gasteiger partial charge in [0.2, 0.25) is 5.91 Å². The summed E-state index contributed by atoms with van der Waals surface area (Å²) >= 11 is 0. The van der Waals surface area contributed by atoms with Gasteiger partial charge in [0.1, 0.15) is 12.2 Å². The Morgan fingerprint density at radius 3 is 2.67 bits per heavy atom. The van der Waals surface area contributed by atoms with Crippen molar-refractivity contribution in [3.8, 4) is 0 Å². The fourth-order valence-corrected chi connectivity index (χ4v) is 4.97. The molecule has 4 aliphatic rings. The summed E-state index contributed by atoms with van der Waals surface area (Å²) in [4.78, 5) is 15.1. The Bertz CT molecular complexity index is 629. The molecule has 1 unspecified atom stereocenters. The Kier molecular flexibility index (Phi) is 3.44. The molecule has 2 aliphatic heterocycles. The number of ether oxygens (including phenoxy) is 1. The van der Waals surface area contributed by atoms with Crippen molar-refractivity contribution in [1.29, 1.82) is 0 Å². The van der Waals surface area contributed by atoms with Crippen LogP contribution in [-0.2, 0) is 9.53 Å². The molecule has 2 aliphatic carbocycles. The van der Waals surface area contributed by atoms with E-state index in [1.165, 1.54) is 32.1 Å². The van der Waals surface area contributed by atoms with Crippen molar-refractivity contribution in [3.05, 3.63) is 12.2 Å². The van der Waals surface area contributed by atoms with E-state index < -0.39 is 0 Å². The highest BCUT2D eigenvalue weighted by molar-refractivity contribution is 5.79. The van der Waals surface area contributed by atoms with Crippen LogP contribution in [0.4, 0.5) is 0 Å². The molecular formula is C18H26N4O2. The minimum atomic E-state index is 0.163. The Morgan fingerprint density at radius 2 is 2.00 bits per heavy atom. The Hall–Kier alpha value is -1.43. The third-order valence-corrected chi connectivity index (χ3v) is 6.73. The van der Waals surface area contributed by atoms with E-state index in [1.54, 1.807) is 0 Å². The third kappa shape index (κ3) is 2.30. The number of rotatable bonds is 3. The Morgan fingerprint density at radius 1 is 1.21 bits per heavy atom. The van der Waals surface area contributed by atoms with E-state index in [1.807, 2.05) is 6.33 Å². The topological polar surface area (TPSA) is 60.2 Å². The summed E-state index contributed by atoms with van der Waals surface area (Å²) in [6, 6.07) is 0.604. The van der Waals surface area contributed by atoms with E-state index in [2.05, 4.69) is 19.7 Å². The van der Waals surface area contributed by atoms with E-state index in [9.17, 15) is 4.79 Å². The molecule has 5 rings (SSSR count). The van der Waals surface area contributed by atoms with Crippen molar-refractivity contribution in [3.63, 3.8) is 0 Å². The molecule has 0 bridgehead atoms. The van der Waals surface area contributed by atoms with Crippen LogP contribution in [0, 0.1) is 11.3 Å². The maximum atomic E-state index is 13.0. The second-order valence-corrected chi connectivity index (χ2v) is 8.20. The number of hydrogen-bond acceptors (Lipinski definition) is 4. The van der Waals surface area contributed by atoms with Crippen LogP contribution in [0.15, 0.2) is 6.33 Å². The zero-order chi connectivity index (χ0) is 16.1. The molecule has 130 valence electrons. The van der Waals surface area contributed by atoms with Gasteiger partial charge in [-0.1, -0.05) is 6.42 Å². The minimum Gasteiger partial charge on any atom is -0.381 e. The molecule has 0 aromatic carbocycles. The van der Waals surface area contributed by atoms with Crippen LogP contribution < -0.4 is 0 Å². The molecule has 2 saturated carbocycles. The van der Waals surface area contributed by atoms with Gasteiger partial charge in [0, 0.05) is 44.2 Å². The second kappa shape index (κ2) is 5.55. The van der Waals surface area contributed by atoms with E-state index in [-0.39, 0.29) is 11.3 Å². The maximum absolute atomic E-state index is 13.0. The van der Waals surface area contributed by atoms with E-state index in [4.69, 9.17) is 4.74 Å². The van der Waals surface area contributed by atoms with Crippen molar-refractivity contribution in [2.24, 2.45) is 11.3 Å². The van der Waals surface area contributed by atoms with Crippen LogP contribution in [0.3, 0.4) is 0 Å². The molecule has 0 radical (unpaired) electrons. The standard InChI is InChI=1S/C18H26N4O2/c23-17(13-4-8-24-9-5-13)21-10-15(18(11-21)6-1-7-18)16-20-19-12-22(16)14-2-3-14/h12-15H,1-11H2. The Labute approximate surface area is 142 Å². The largest absolute Gasteiger partial charge is 0.381 e. The lowest BCUT2D eigenvalue weighted by molar-refractivity contribution is -0.138. The summed E-state index contributed by atoms with van der Waals surface area (Å²) in [7, 11) is 0. The average Bonchev–Trinajstić information content (AvgIpc) is 3.17. The van der Waals surface area contributed by atoms with Crippen LogP contribution in [0.25, 0.3) is 0 Å². The molecule has 2 saturated heterocycles. The number of carbonyl (C=O) groups excluding carboxylic acids is 1. The molecule has 1 aromatic rings. The van der Waals surface area contributed by atoms with Gasteiger partial charge in [0.05, 0.1) is 0 Å². The molecule has 0 N–H and O–H groups in total. The molecule has 1 atom stereocenters. The number of carbonyl (C=O) groups is 1. The molecule has 4 fully saturated rings. The average molecular weight is 330 g/mol. The lowest BCUT2D eigenvalue weighted by atomic mass is 9.62. The monoisotopic (exact) mass is 330 g/mol. The van der Waals surface area contributed by atoms with Gasteiger partial charge in [-0.05, 0) is 43.9 Å². The highest BCUT2D eigenvalue weighted by Gasteiger charge is 2.54. The highest BCUT2D eigenvalue weighted by atomic mass is 16.5. The van der Waals surface area contributed by atoms with Crippen LogP contribution in [0.1, 0.15) is 62.7 Å². The predicted octanol–water partition coefficient (Wildman–Crippen LogP) is 2.14. The van der Waals surface area contributed by atoms with Crippen LogP contribution >= 0.6 is 0 Å². The van der Waals surface area contributed by atoms with Gasteiger partial charge in [-0.15, -0.1) is 10.2 Å². The minimum absolute atomic E-state index is 0.163. The molecular weight excluding hydrogens is 304 g/mol. The molecule has 1 spiro atoms. The van der Waals surface area contributed by atoms with Crippen LogP contribution in [0.2, 0.25) is 0 Å². The first kappa shape index (κ1) is 14.9. The number of likely N-dealkylation sites (tertiary alicyclic amines) is 1. The van der Waals surface area contributed by atoms with Gasteiger partial charge in [-0.25, -0.2) is 0 Å². The number of amides is 1. The molecule has 6 nitrogen and oxygen atoms in total. The fraction of sp³-hybridized carbons (Fsp3) is 0.833. The molecule has 3 heterocycles. The zero-order valence-corrected chi connectivity index (χ0v) is 14.2. The lowest BCUT2D eigenvalue weighted by Gasteiger charge is -2.42. The van der Waals surface area contributed by atoms with Crippen molar-refractivity contribution < 1.29 is 9.53 Å². The molecule has 1 aromatic heterocycles. The van der Waals surface area contributed by atoms with Gasteiger partial charge in [0.15, 0.2) is 0 Å². The van der Waals surface area contributed by atoms with Gasteiger partial charge in [-0.2, -0.15) is 0 Å². The first-order valence-corrected chi connectivity index (χ1v) is 9.53. The van der Waals surface area contributed by atoms with E-state index in [0.29, 0.717) is 17.9 Å². The summed E-state index contributed by atoms with van der Waals surface area (Å²) in [6.45, 7) is 3.22. The van der Waals surface area contributed by atoms with Gasteiger partial charge < -0.3 is 14.2 Å². The summed E-state index contributed by atoms with van der Waals surface area (Å²) in [5, 5.41) is 8.70. The van der Waals surface area contributed by atoms with Gasteiger partial charge in [0.25, 0.3) is 0 Å². The van der Waals surface area contributed by atoms with Gasteiger partial charge in [-0.3, -0.25) is 4.79 Å². The van der Waals surface area contributed by atoms with Crippen LogP contribution in [0.5, 0.6) is 0 Å².